The van der Waals surface area contributed by atoms with Crippen molar-refractivity contribution in [2.75, 3.05) is 11.5 Å². The largest absolute Gasteiger partial charge is 0.399 e. The zero-order valence-electron chi connectivity index (χ0n) is 9.47. The van der Waals surface area contributed by atoms with E-state index in [1.165, 1.54) is 12.1 Å². The molecule has 0 bridgehead atoms. The van der Waals surface area contributed by atoms with Crippen LogP contribution in [0.4, 0.5) is 5.69 Å². The molecule has 0 spiro atoms. The van der Waals surface area contributed by atoms with E-state index in [1.54, 1.807) is 17.4 Å². The lowest BCUT2D eigenvalue weighted by atomic mass is 10.3. The van der Waals surface area contributed by atoms with Gasteiger partial charge in [-0.1, -0.05) is 17.7 Å². The van der Waals surface area contributed by atoms with Crippen LogP contribution in [0.2, 0.25) is 5.02 Å². The van der Waals surface area contributed by atoms with E-state index in [1.807, 2.05) is 17.5 Å². The van der Waals surface area contributed by atoms with Crippen molar-refractivity contribution < 1.29 is 8.42 Å². The maximum Gasteiger partial charge on any atom is 0.180 e. The fourth-order valence-corrected chi connectivity index (χ4v) is 4.29. The van der Waals surface area contributed by atoms with Crippen molar-refractivity contribution >= 4 is 38.5 Å². The van der Waals surface area contributed by atoms with Crippen LogP contribution in [-0.2, 0) is 16.3 Å². The minimum absolute atomic E-state index is 0.0527. The molecular formula is C12H12ClNO2S2. The first kappa shape index (κ1) is 13.4. The first-order valence-corrected chi connectivity index (χ1v) is 8.20. The number of rotatable bonds is 4. The molecule has 1 heterocycles. The molecule has 2 rings (SSSR count). The number of benzene rings is 1. The second-order valence-corrected chi connectivity index (χ2v) is 7.36. The molecule has 3 nitrogen and oxygen atoms in total. The van der Waals surface area contributed by atoms with Crippen LogP contribution >= 0.6 is 22.9 Å². The Balaban J connectivity index is 2.20. The molecule has 0 amide bonds. The number of nitrogen functional groups attached to an aromatic ring is 1. The number of nitrogens with two attached hydrogens (primary N) is 1. The summed E-state index contributed by atoms with van der Waals surface area (Å²) in [6.07, 6.45) is 0.501. The van der Waals surface area contributed by atoms with Crippen molar-refractivity contribution in [1.82, 2.24) is 0 Å². The molecule has 0 aliphatic carbocycles. The Morgan fingerprint density at radius 3 is 2.67 bits per heavy atom. The molecule has 18 heavy (non-hydrogen) atoms. The summed E-state index contributed by atoms with van der Waals surface area (Å²) in [6, 6.07) is 8.29. The van der Waals surface area contributed by atoms with E-state index < -0.39 is 9.84 Å². The Labute approximate surface area is 115 Å². The lowest BCUT2D eigenvalue weighted by Gasteiger charge is -2.06. The maximum absolute atomic E-state index is 12.1. The summed E-state index contributed by atoms with van der Waals surface area (Å²) >= 11 is 7.47. The number of sulfone groups is 1. The number of thiophene rings is 1. The molecule has 1 aromatic heterocycles. The molecular weight excluding hydrogens is 290 g/mol. The monoisotopic (exact) mass is 301 g/mol. The van der Waals surface area contributed by atoms with Crippen molar-refractivity contribution in [2.24, 2.45) is 0 Å². The highest BCUT2D eigenvalue weighted by Crippen LogP contribution is 2.25. The van der Waals surface area contributed by atoms with Gasteiger partial charge in [0.15, 0.2) is 9.84 Å². The van der Waals surface area contributed by atoms with Crippen LogP contribution < -0.4 is 5.73 Å². The second-order valence-electron chi connectivity index (χ2n) is 3.84. The van der Waals surface area contributed by atoms with E-state index in [2.05, 4.69) is 0 Å². The van der Waals surface area contributed by atoms with Gasteiger partial charge in [0.05, 0.1) is 15.7 Å². The van der Waals surface area contributed by atoms with E-state index in [0.29, 0.717) is 12.1 Å². The van der Waals surface area contributed by atoms with Crippen LogP contribution in [0, 0.1) is 0 Å². The molecule has 0 atom stereocenters. The lowest BCUT2D eigenvalue weighted by Crippen LogP contribution is -2.09. The number of hydrogen-bond donors (Lipinski definition) is 1. The lowest BCUT2D eigenvalue weighted by molar-refractivity contribution is 0.595. The molecule has 2 aromatic rings. The van der Waals surface area contributed by atoms with E-state index >= 15 is 0 Å². The average Bonchev–Trinajstić information content (AvgIpc) is 2.78. The first-order chi connectivity index (χ1) is 8.49. The van der Waals surface area contributed by atoms with Gasteiger partial charge in [-0.2, -0.15) is 0 Å². The number of anilines is 1. The van der Waals surface area contributed by atoms with Crippen LogP contribution in [0.1, 0.15) is 4.88 Å². The first-order valence-electron chi connectivity index (χ1n) is 5.29. The van der Waals surface area contributed by atoms with E-state index in [-0.39, 0.29) is 15.7 Å². The smallest absolute Gasteiger partial charge is 0.180 e. The summed E-state index contributed by atoms with van der Waals surface area (Å²) in [4.78, 5) is 1.19. The maximum atomic E-state index is 12.1. The van der Waals surface area contributed by atoms with Gasteiger partial charge in [-0.15, -0.1) is 11.3 Å². The molecule has 0 saturated heterocycles. The molecule has 0 saturated carbocycles. The predicted molar refractivity (Wildman–Crippen MR) is 75.9 cm³/mol. The predicted octanol–water partition coefficient (Wildman–Crippen LogP) is 3.00. The highest BCUT2D eigenvalue weighted by Gasteiger charge is 2.18. The summed E-state index contributed by atoms with van der Waals surface area (Å²) in [5, 5.41) is 2.11. The Morgan fingerprint density at radius 1 is 1.28 bits per heavy atom. The van der Waals surface area contributed by atoms with Gasteiger partial charge in [0.25, 0.3) is 0 Å². The van der Waals surface area contributed by atoms with Crippen LogP contribution in [-0.4, -0.2) is 14.2 Å². The van der Waals surface area contributed by atoms with Crippen molar-refractivity contribution in [3.05, 3.63) is 45.6 Å². The zero-order valence-corrected chi connectivity index (χ0v) is 11.9. The summed E-state index contributed by atoms with van der Waals surface area (Å²) in [6.45, 7) is 0. The fraction of sp³-hybridized carbons (Fsp3) is 0.167. The molecule has 1 aromatic carbocycles. The molecule has 0 aliphatic heterocycles. The van der Waals surface area contributed by atoms with Gasteiger partial charge in [0, 0.05) is 10.6 Å². The third-order valence-corrected chi connectivity index (χ3v) is 5.62. The molecule has 0 fully saturated rings. The van der Waals surface area contributed by atoms with Gasteiger partial charge in [-0.25, -0.2) is 8.42 Å². The van der Waals surface area contributed by atoms with Gasteiger partial charge < -0.3 is 5.73 Å². The highest BCUT2D eigenvalue weighted by molar-refractivity contribution is 7.91. The highest BCUT2D eigenvalue weighted by atomic mass is 35.5. The van der Waals surface area contributed by atoms with E-state index in [4.69, 9.17) is 17.3 Å². The van der Waals surface area contributed by atoms with Crippen LogP contribution in [0.25, 0.3) is 0 Å². The van der Waals surface area contributed by atoms with Gasteiger partial charge in [-0.05, 0) is 36.1 Å². The third-order valence-electron chi connectivity index (χ3n) is 2.49. The standard InChI is InChI=1S/C12H12ClNO2S2/c13-11-8-9(14)3-4-12(11)18(15,16)7-5-10-2-1-6-17-10/h1-4,6,8H,5,7,14H2. The Kier molecular flexibility index (Phi) is 3.94. The van der Waals surface area contributed by atoms with Gasteiger partial charge in [0.1, 0.15) is 0 Å². The summed E-state index contributed by atoms with van der Waals surface area (Å²) < 4.78 is 24.3. The van der Waals surface area contributed by atoms with E-state index in [0.717, 1.165) is 4.88 Å². The van der Waals surface area contributed by atoms with Gasteiger partial charge in [-0.3, -0.25) is 0 Å². The minimum Gasteiger partial charge on any atom is -0.399 e. The van der Waals surface area contributed by atoms with Crippen molar-refractivity contribution in [2.45, 2.75) is 11.3 Å². The van der Waals surface area contributed by atoms with Crippen LogP contribution in [0.15, 0.2) is 40.6 Å². The number of aryl methyl sites for hydroxylation is 1. The third kappa shape index (κ3) is 3.04. The summed E-state index contributed by atoms with van der Waals surface area (Å²) in [5.74, 6) is 0.0527. The Bertz CT molecular complexity index is 636. The molecule has 2 N–H and O–H groups in total. The number of hydrogen-bond acceptors (Lipinski definition) is 4. The molecule has 0 radical (unpaired) electrons. The molecule has 6 heteroatoms. The normalized spacial score (nSPS) is 11.6. The van der Waals surface area contributed by atoms with E-state index in [9.17, 15) is 8.42 Å². The molecule has 0 unspecified atom stereocenters. The Morgan fingerprint density at radius 2 is 2.06 bits per heavy atom. The molecule has 0 aliphatic rings. The minimum atomic E-state index is -3.36. The fourth-order valence-electron chi connectivity index (χ4n) is 1.57. The average molecular weight is 302 g/mol. The van der Waals surface area contributed by atoms with Crippen molar-refractivity contribution in [3.63, 3.8) is 0 Å². The zero-order chi connectivity index (χ0) is 13.2. The Hall–Kier alpha value is -1.04. The number of halogens is 1. The summed E-state index contributed by atoms with van der Waals surface area (Å²) in [7, 11) is -3.36. The van der Waals surface area contributed by atoms with Gasteiger partial charge in [0.2, 0.25) is 0 Å². The van der Waals surface area contributed by atoms with Crippen molar-refractivity contribution in [1.29, 1.82) is 0 Å². The van der Waals surface area contributed by atoms with Crippen LogP contribution in [0.5, 0.6) is 0 Å². The quantitative estimate of drug-likeness (QED) is 0.883. The van der Waals surface area contributed by atoms with Crippen molar-refractivity contribution in [3.8, 4) is 0 Å². The van der Waals surface area contributed by atoms with Gasteiger partial charge >= 0.3 is 0 Å². The topological polar surface area (TPSA) is 60.2 Å². The molecule has 96 valence electrons. The SMILES string of the molecule is Nc1ccc(S(=O)(=O)CCc2cccs2)c(Cl)c1. The second kappa shape index (κ2) is 5.30. The summed E-state index contributed by atoms with van der Waals surface area (Å²) in [5.41, 5.74) is 6.00. The van der Waals surface area contributed by atoms with Crippen LogP contribution in [0.3, 0.4) is 0 Å².